The molecule has 2 N–H and O–H groups in total. The van der Waals surface area contributed by atoms with Gasteiger partial charge in [-0.05, 0) is 77.2 Å². The molecule has 7 nitrogen and oxygen atoms in total. The molecule has 0 spiro atoms. The Morgan fingerprint density at radius 2 is 1.71 bits per heavy atom. The van der Waals surface area contributed by atoms with Gasteiger partial charge in [0.2, 0.25) is 12.4 Å². The number of hydrogen-bond acceptors (Lipinski definition) is 6. The third-order valence-corrected chi connectivity index (χ3v) is 6.92. The molecule has 9 heteroatoms. The van der Waals surface area contributed by atoms with Crippen LogP contribution in [-0.4, -0.2) is 55.8 Å². The van der Waals surface area contributed by atoms with Crippen LogP contribution in [0.15, 0.2) is 35.7 Å². The molecule has 5 rings (SSSR count). The minimum Gasteiger partial charge on any atom is -0.367 e. The number of aryl methyl sites for hydroxylation is 1. The van der Waals surface area contributed by atoms with Gasteiger partial charge in [0.15, 0.2) is 5.82 Å². The number of likely N-dealkylation sites (tertiary alicyclic amines) is 1. The summed E-state index contributed by atoms with van der Waals surface area (Å²) in [7, 11) is 0. The maximum absolute atomic E-state index is 10.8. The van der Waals surface area contributed by atoms with Crippen LogP contribution in [0.25, 0.3) is 16.6 Å². The number of rotatable bonds is 4. The highest BCUT2D eigenvalue weighted by atomic mass is 19.3. The van der Waals surface area contributed by atoms with Crippen LogP contribution in [0.5, 0.6) is 0 Å². The van der Waals surface area contributed by atoms with Crippen molar-refractivity contribution in [2.24, 2.45) is 4.99 Å². The molecular weight excluding hydrogens is 484 g/mol. The maximum atomic E-state index is 10.8. The van der Waals surface area contributed by atoms with Gasteiger partial charge in [-0.25, -0.2) is 28.3 Å². The van der Waals surface area contributed by atoms with Crippen molar-refractivity contribution in [3.63, 3.8) is 0 Å². The Labute approximate surface area is 225 Å². The number of aliphatic imine (C=N–C) groups is 1. The van der Waals surface area contributed by atoms with E-state index < -0.39 is 6.43 Å². The molecule has 208 valence electrons. The van der Waals surface area contributed by atoms with Gasteiger partial charge in [0.05, 0.1) is 11.7 Å². The number of hydrogen-bond donors (Lipinski definition) is 1. The van der Waals surface area contributed by atoms with Gasteiger partial charge >= 0.3 is 0 Å². The second kappa shape index (κ2) is 14.9. The van der Waals surface area contributed by atoms with Gasteiger partial charge < -0.3 is 10.6 Å². The molecule has 1 saturated carbocycles. The molecule has 0 aromatic carbocycles. The largest absolute Gasteiger partial charge is 0.367 e. The molecule has 1 aliphatic heterocycles. The van der Waals surface area contributed by atoms with E-state index >= 15 is 0 Å². The van der Waals surface area contributed by atoms with Gasteiger partial charge in [-0.2, -0.15) is 0 Å². The number of piperidine rings is 1. The van der Waals surface area contributed by atoms with Gasteiger partial charge in [-0.15, -0.1) is 5.10 Å². The van der Waals surface area contributed by atoms with Gasteiger partial charge in [0.1, 0.15) is 0 Å². The van der Waals surface area contributed by atoms with Crippen LogP contribution < -0.4 is 5.73 Å². The Morgan fingerprint density at radius 3 is 2.32 bits per heavy atom. The van der Waals surface area contributed by atoms with Crippen LogP contribution in [0, 0.1) is 6.92 Å². The number of anilines is 1. The molecule has 3 aromatic rings. The van der Waals surface area contributed by atoms with Gasteiger partial charge in [0, 0.05) is 41.7 Å². The van der Waals surface area contributed by atoms with Crippen LogP contribution in [0.3, 0.4) is 0 Å². The van der Waals surface area contributed by atoms with Crippen LogP contribution in [0.1, 0.15) is 84.1 Å². The molecule has 0 radical (unpaired) electrons. The highest BCUT2D eigenvalue weighted by molar-refractivity contribution is 5.83. The van der Waals surface area contributed by atoms with E-state index in [-0.39, 0.29) is 12.4 Å². The van der Waals surface area contributed by atoms with E-state index in [1.165, 1.54) is 71.4 Å². The normalized spacial score (nSPS) is 16.4. The maximum Gasteiger partial charge on any atom is 0.238 e. The lowest BCUT2D eigenvalue weighted by Crippen LogP contribution is -2.40. The van der Waals surface area contributed by atoms with E-state index in [1.54, 1.807) is 10.7 Å². The Hall–Kier alpha value is -2.94. The summed E-state index contributed by atoms with van der Waals surface area (Å²) >= 11 is 0. The minimum atomic E-state index is -2.12. The molecule has 3 aromatic heterocycles. The molecular formula is C29H43F2N7. The summed E-state index contributed by atoms with van der Waals surface area (Å²) in [6, 6.07) is 5.02. The number of pyridine rings is 1. The fourth-order valence-corrected chi connectivity index (χ4v) is 4.93. The molecule has 38 heavy (non-hydrogen) atoms. The molecule has 1 saturated heterocycles. The summed E-state index contributed by atoms with van der Waals surface area (Å²) in [4.78, 5) is 15.7. The first kappa shape index (κ1) is 29.6. The summed E-state index contributed by atoms with van der Waals surface area (Å²) in [6.45, 7) is 10.2. The summed E-state index contributed by atoms with van der Waals surface area (Å²) in [5.74, 6) is 1.00. The van der Waals surface area contributed by atoms with Crippen LogP contribution in [0.4, 0.5) is 20.5 Å². The van der Waals surface area contributed by atoms with Crippen molar-refractivity contribution in [1.29, 1.82) is 0 Å². The van der Waals surface area contributed by atoms with Crippen molar-refractivity contribution in [2.75, 3.05) is 18.8 Å². The third-order valence-electron chi connectivity index (χ3n) is 6.92. The standard InChI is InChI=1S/C15H16N6.C11H21N.C3H6F2/c1-9(2)19-14-10(3)6-11(7-17-14)12-4-5-21-13(12)8-18-15(16)20-21;1-3-7-11(8-4-1)12-9-5-2-6-10-12;1-2-3(4)5/h4-8H,1-3H3,(H2,16,20);11H,1-10H2;3H,2H2,1H3. The SMILES string of the molecule is C1CCC(N2CCCCC2)CC1.CC(C)=Nc1ncc(-c2ccn3nc(N)ncc23)cc1C.CCC(F)F. The molecule has 1 aliphatic carbocycles. The molecule has 0 atom stereocenters. The quantitative estimate of drug-likeness (QED) is 0.361. The molecule has 0 bridgehead atoms. The zero-order valence-corrected chi connectivity index (χ0v) is 23.3. The Bertz CT molecular complexity index is 1140. The molecule has 2 fully saturated rings. The van der Waals surface area contributed by atoms with Crippen LogP contribution in [-0.2, 0) is 0 Å². The Morgan fingerprint density at radius 1 is 1.05 bits per heavy atom. The first-order valence-electron chi connectivity index (χ1n) is 13.9. The van der Waals surface area contributed by atoms with Gasteiger partial charge in [-0.3, -0.25) is 0 Å². The minimum absolute atomic E-state index is 0.0278. The summed E-state index contributed by atoms with van der Waals surface area (Å²) < 4.78 is 23.2. The van der Waals surface area contributed by atoms with Crippen molar-refractivity contribution in [1.82, 2.24) is 24.5 Å². The second-order valence-electron chi connectivity index (χ2n) is 10.3. The number of nitrogens with two attached hydrogens (primary N) is 1. The smallest absolute Gasteiger partial charge is 0.238 e. The van der Waals surface area contributed by atoms with Crippen LogP contribution in [0.2, 0.25) is 0 Å². The zero-order chi connectivity index (χ0) is 27.5. The predicted molar refractivity (Wildman–Crippen MR) is 152 cm³/mol. The van der Waals surface area contributed by atoms with E-state index in [2.05, 4.69) is 31.0 Å². The summed E-state index contributed by atoms with van der Waals surface area (Å²) in [5, 5.41) is 4.14. The summed E-state index contributed by atoms with van der Waals surface area (Å²) in [5.41, 5.74) is 10.5. The fourth-order valence-electron chi connectivity index (χ4n) is 4.93. The van der Waals surface area contributed by atoms with Crippen molar-refractivity contribution in [2.45, 2.75) is 97.9 Å². The fraction of sp³-hybridized carbons (Fsp3) is 0.586. The second-order valence-corrected chi connectivity index (χ2v) is 10.3. The lowest BCUT2D eigenvalue weighted by Gasteiger charge is -2.36. The molecule has 0 unspecified atom stereocenters. The number of fused-ring (bicyclic) bond motifs is 1. The van der Waals surface area contributed by atoms with Crippen LogP contribution >= 0.6 is 0 Å². The van der Waals surface area contributed by atoms with E-state index in [4.69, 9.17) is 5.73 Å². The topological polar surface area (TPSA) is 84.7 Å². The van der Waals surface area contributed by atoms with Crippen molar-refractivity contribution in [3.05, 3.63) is 36.3 Å². The first-order valence-corrected chi connectivity index (χ1v) is 13.9. The van der Waals surface area contributed by atoms with Gasteiger partial charge in [0.25, 0.3) is 0 Å². The number of nitrogen functional groups attached to an aromatic ring is 1. The zero-order valence-electron chi connectivity index (χ0n) is 23.3. The van der Waals surface area contributed by atoms with E-state index in [0.717, 1.165) is 39.8 Å². The first-order chi connectivity index (χ1) is 18.3. The molecule has 4 heterocycles. The van der Waals surface area contributed by atoms with Crippen molar-refractivity contribution < 1.29 is 8.78 Å². The highest BCUT2D eigenvalue weighted by Gasteiger charge is 2.21. The summed E-state index contributed by atoms with van der Waals surface area (Å²) in [6.07, 6.45) is 15.1. The number of nitrogens with zero attached hydrogens (tertiary/aromatic N) is 6. The number of alkyl halides is 2. The third kappa shape index (κ3) is 8.82. The average molecular weight is 528 g/mol. The van der Waals surface area contributed by atoms with E-state index in [1.807, 2.05) is 39.2 Å². The van der Waals surface area contributed by atoms with E-state index in [0.29, 0.717) is 0 Å². The average Bonchev–Trinajstić information content (AvgIpc) is 3.34. The lowest BCUT2D eigenvalue weighted by molar-refractivity contribution is 0.131. The Kier molecular flexibility index (Phi) is 11.6. The number of halogens is 2. The Balaban J connectivity index is 0.000000197. The van der Waals surface area contributed by atoms with Gasteiger partial charge in [-0.1, -0.05) is 32.6 Å². The lowest BCUT2D eigenvalue weighted by atomic mass is 9.93. The van der Waals surface area contributed by atoms with E-state index in [9.17, 15) is 8.78 Å². The number of aromatic nitrogens is 4. The molecule has 0 amide bonds. The van der Waals surface area contributed by atoms with Crippen molar-refractivity contribution in [3.8, 4) is 11.1 Å². The monoisotopic (exact) mass is 527 g/mol. The molecule has 2 aliphatic rings. The highest BCUT2D eigenvalue weighted by Crippen LogP contribution is 2.28. The van der Waals surface area contributed by atoms with Crippen molar-refractivity contribution >= 4 is 23.0 Å². The predicted octanol–water partition coefficient (Wildman–Crippen LogP) is 7.26.